The molecule has 0 fully saturated rings. The highest BCUT2D eigenvalue weighted by Crippen LogP contribution is 2.42. The normalized spacial score (nSPS) is 9.64. The summed E-state index contributed by atoms with van der Waals surface area (Å²) < 4.78 is 106. The van der Waals surface area contributed by atoms with Gasteiger partial charge >= 0.3 is 6.18 Å². The Balaban J connectivity index is -0.000000158. The van der Waals surface area contributed by atoms with Crippen LogP contribution < -0.4 is 19.2 Å². The molecule has 0 atom stereocenters. The highest BCUT2D eigenvalue weighted by Gasteiger charge is 2.38. The molecule has 0 aliphatic rings. The summed E-state index contributed by atoms with van der Waals surface area (Å²) >= 11 is 0. The molecule has 0 amide bonds. The molecule has 4 aromatic carbocycles. The lowest BCUT2D eigenvalue weighted by Crippen LogP contribution is -2.11. The van der Waals surface area contributed by atoms with Gasteiger partial charge < -0.3 is 14.2 Å². The van der Waals surface area contributed by atoms with Crippen LogP contribution in [-0.4, -0.2) is 6.61 Å². The Kier molecular flexibility index (Phi) is 17.0. The zero-order chi connectivity index (χ0) is 40.1. The van der Waals surface area contributed by atoms with E-state index < -0.39 is 30.0 Å². The van der Waals surface area contributed by atoms with Crippen molar-refractivity contribution in [3.63, 3.8) is 0 Å². The Morgan fingerprint density at radius 3 is 1.67 bits per heavy atom. The van der Waals surface area contributed by atoms with Crippen molar-refractivity contribution in [2.45, 2.75) is 45.5 Å². The maximum Gasteiger partial charge on any atom is 0.422 e. The third-order valence-electron chi connectivity index (χ3n) is 7.12. The number of rotatable bonds is 12. The van der Waals surface area contributed by atoms with Crippen LogP contribution in [0.3, 0.4) is 0 Å². The summed E-state index contributed by atoms with van der Waals surface area (Å²) in [5.74, 6) is 16.9. The zero-order valence-electron chi connectivity index (χ0n) is 29.1. The Bertz CT molecular complexity index is 2200. The van der Waals surface area contributed by atoms with Gasteiger partial charge in [-0.1, -0.05) is 62.6 Å². The monoisotopic (exact) mass is 774 g/mol. The lowest BCUT2D eigenvalue weighted by molar-refractivity contribution is -0.142. The molecule has 0 radical (unpaired) electrons. The first kappa shape index (κ1) is 42.4. The van der Waals surface area contributed by atoms with E-state index >= 15 is 0 Å². The molecule has 0 aliphatic carbocycles. The molecule has 0 saturated carbocycles. The number of hydrogen-bond acceptors (Lipinski definition) is 4. The second-order valence-corrected chi connectivity index (χ2v) is 10.9. The molecule has 4 aromatic rings. The van der Waals surface area contributed by atoms with Crippen LogP contribution in [0.5, 0.6) is 23.0 Å². The van der Waals surface area contributed by atoms with Crippen molar-refractivity contribution in [1.29, 1.82) is 0 Å². The lowest BCUT2D eigenvalue weighted by atomic mass is 10.0. The predicted octanol–water partition coefficient (Wildman–Crippen LogP) is 13.1. The van der Waals surface area contributed by atoms with Crippen molar-refractivity contribution in [2.24, 2.45) is 0 Å². The van der Waals surface area contributed by atoms with E-state index in [1.54, 1.807) is 36.4 Å². The molecule has 11 heteroatoms. The largest absolute Gasteiger partial charge is 0.493 e. The van der Waals surface area contributed by atoms with Gasteiger partial charge in [0.2, 0.25) is 0 Å². The van der Waals surface area contributed by atoms with Gasteiger partial charge in [-0.25, -0.2) is 13.2 Å². The number of alkyl halides is 4. The van der Waals surface area contributed by atoms with Crippen molar-refractivity contribution in [3.05, 3.63) is 95.6 Å². The van der Waals surface area contributed by atoms with E-state index in [1.807, 2.05) is 0 Å². The van der Waals surface area contributed by atoms with Crippen molar-refractivity contribution in [1.82, 2.24) is 0 Å². The topological polar surface area (TPSA) is 36.9 Å². The maximum absolute atomic E-state index is 13.4. The van der Waals surface area contributed by atoms with E-state index in [0.717, 1.165) is 25.7 Å². The molecular weight excluding hydrogens is 725 g/mol. The molecule has 0 heterocycles. The first-order valence-corrected chi connectivity index (χ1v) is 16.2. The number of unbranched alkanes of at least 4 members (excludes halogenated alkanes) is 3. The fourth-order valence-electron chi connectivity index (χ4n) is 4.63. The summed E-state index contributed by atoms with van der Waals surface area (Å²) in [6.45, 7) is 2.11. The van der Waals surface area contributed by atoms with Crippen LogP contribution in [0.4, 0.5) is 30.9 Å². The van der Waals surface area contributed by atoms with Crippen LogP contribution in [0.1, 0.15) is 58.0 Å². The van der Waals surface area contributed by atoms with E-state index in [0.29, 0.717) is 52.7 Å². The van der Waals surface area contributed by atoms with E-state index in [1.165, 1.54) is 24.3 Å². The molecule has 298 valence electrons. The second-order valence-electron chi connectivity index (χ2n) is 10.9. The summed E-state index contributed by atoms with van der Waals surface area (Å²) in [6, 6.07) is 16.3. The first-order valence-electron chi connectivity index (χ1n) is 16.2. The summed E-state index contributed by atoms with van der Waals surface area (Å²) in [7, 11) is 0. The maximum atomic E-state index is 13.4. The number of terminal acetylenes is 2. The Hall–Kier alpha value is -7.05. The van der Waals surface area contributed by atoms with Crippen molar-refractivity contribution in [3.8, 4) is 118 Å². The molecule has 55 heavy (non-hydrogen) atoms. The molecule has 0 N–H and O–H groups in total. The Labute approximate surface area is 329 Å². The lowest BCUT2D eigenvalue weighted by Gasteiger charge is -2.15. The first-order chi connectivity index (χ1) is 26.6. The summed E-state index contributed by atoms with van der Waals surface area (Å²) in [6.07, 6.45) is 14.4. The summed E-state index contributed by atoms with van der Waals surface area (Å²) in [5.41, 5.74) is -0.0259. The Morgan fingerprint density at radius 1 is 0.655 bits per heavy atom. The van der Waals surface area contributed by atoms with Gasteiger partial charge in [0.1, 0.15) is 41.8 Å². The Morgan fingerprint density at radius 2 is 1.20 bits per heavy atom. The molecule has 0 bridgehead atoms. The quantitative estimate of drug-likeness (QED) is 0.0816. The zero-order valence-corrected chi connectivity index (χ0v) is 29.1. The average molecular weight is 775 g/mol. The van der Waals surface area contributed by atoms with Gasteiger partial charge in [0, 0.05) is 54.6 Å². The molecule has 4 nitrogen and oxygen atoms in total. The van der Waals surface area contributed by atoms with Gasteiger partial charge in [0.25, 0.3) is 0 Å². The third kappa shape index (κ3) is 13.5. The smallest absolute Gasteiger partial charge is 0.422 e. The highest BCUT2D eigenvalue weighted by atomic mass is 19.4. The number of halogens is 7. The van der Waals surface area contributed by atoms with Crippen molar-refractivity contribution in [2.75, 3.05) is 6.61 Å². The van der Waals surface area contributed by atoms with Crippen LogP contribution in [0.25, 0.3) is 22.3 Å². The van der Waals surface area contributed by atoms with Gasteiger partial charge in [0.05, 0.1) is 12.2 Å². The van der Waals surface area contributed by atoms with Crippen molar-refractivity contribution < 1.29 is 64.3 Å². The minimum absolute atomic E-state index is 0. The minimum atomic E-state index is -5.11. The van der Waals surface area contributed by atoms with Crippen LogP contribution in [0.2, 0.25) is 0 Å². The van der Waals surface area contributed by atoms with Crippen LogP contribution in [0.15, 0.2) is 72.8 Å². The van der Waals surface area contributed by atoms with Gasteiger partial charge in [0.15, 0.2) is 17.2 Å². The number of ether oxygens (including phenoxy) is 3. The minimum Gasteiger partial charge on any atom is -0.493 e. The van der Waals surface area contributed by atoms with Gasteiger partial charge in [-0.15, -0.1) is 12.8 Å². The van der Waals surface area contributed by atoms with E-state index in [9.17, 15) is 30.9 Å². The van der Waals surface area contributed by atoms with Crippen LogP contribution in [0, 0.1) is 84.1 Å². The fourth-order valence-corrected chi connectivity index (χ4v) is 4.63. The van der Waals surface area contributed by atoms with Gasteiger partial charge in [-0.3, -0.25) is 4.94 Å². The van der Waals surface area contributed by atoms with Crippen LogP contribution in [-0.2, 0) is 12.9 Å². The molecule has 0 aliphatic heterocycles. The SMILES string of the molecule is C#CC#CC#COc1cc(OCCCCCC)cc(OC#CC#CC#C)c1-c1ccc(CF)cc1.FOc1ccc(-c2cc(F)c(C(F)(F)F)c(F)c2)cc1.[HH].[HH].[HH].[HH].[HH].[HH].[HH].[HH].[HH].[HH]. The molecule has 0 spiro atoms. The van der Waals surface area contributed by atoms with E-state index in [-0.39, 0.29) is 31.1 Å². The van der Waals surface area contributed by atoms with Crippen molar-refractivity contribution >= 4 is 0 Å². The molecular formula is C44H49F7O4. The second kappa shape index (κ2) is 22.1. The van der Waals surface area contributed by atoms with E-state index in [4.69, 9.17) is 27.1 Å². The average Bonchev–Trinajstić information content (AvgIpc) is 3.17. The number of hydrogen-bond donors (Lipinski definition) is 0. The molecule has 0 aromatic heterocycles. The highest BCUT2D eigenvalue weighted by molar-refractivity contribution is 5.79. The van der Waals surface area contributed by atoms with Gasteiger partial charge in [-0.05, 0) is 76.6 Å². The standard InChI is InChI=1S/C31H23FO3.C13H6F6O.10H2/c1-4-7-10-13-20-33-28-23-29(34-21-14-11-8-5-2)31(27-18-16-26(25-32)17-19-27)30(24-28)35-22-15-12-9-6-3;14-10-5-8(6-11(15)12(10)13(16,17)18)7-1-3-9(20-19)4-2-7;;;;;;;;;;/h2-3,16-19,23-24H,4,7,10,13,20,25H2,1H3;1-6H;10*1H. The molecule has 4 rings (SSSR count). The summed E-state index contributed by atoms with van der Waals surface area (Å²) in [5, 5.41) is 0. The van der Waals surface area contributed by atoms with Crippen LogP contribution >= 0.6 is 0 Å². The molecule has 0 unspecified atom stereocenters. The third-order valence-corrected chi connectivity index (χ3v) is 7.12. The fraction of sp³-hybridized carbons (Fsp3) is 0.182. The number of benzene rings is 4. The molecule has 0 saturated heterocycles. The van der Waals surface area contributed by atoms with E-state index in [2.05, 4.69) is 71.4 Å². The van der Waals surface area contributed by atoms with Gasteiger partial charge in [-0.2, -0.15) is 13.2 Å². The predicted molar refractivity (Wildman–Crippen MR) is 216 cm³/mol. The summed E-state index contributed by atoms with van der Waals surface area (Å²) in [4.78, 5) is 3.42.